The topological polar surface area (TPSA) is 70.2 Å². The van der Waals surface area contributed by atoms with Gasteiger partial charge in [-0.2, -0.15) is 4.98 Å². The molecule has 1 amide bonds. The van der Waals surface area contributed by atoms with Crippen molar-refractivity contribution in [1.82, 2.24) is 15.3 Å². The number of halogens is 1. The van der Waals surface area contributed by atoms with Crippen LogP contribution in [0.3, 0.4) is 0 Å². The Morgan fingerprint density at radius 2 is 1.80 bits per heavy atom. The minimum Gasteiger partial charge on any atom is -0.349 e. The summed E-state index contributed by atoms with van der Waals surface area (Å²) < 4.78 is 0. The van der Waals surface area contributed by atoms with Crippen LogP contribution in [-0.4, -0.2) is 35.0 Å². The normalized spacial score (nSPS) is 14.4. The summed E-state index contributed by atoms with van der Waals surface area (Å²) in [5.41, 5.74) is 2.72. The second-order valence-corrected chi connectivity index (χ2v) is 7.85. The van der Waals surface area contributed by atoms with E-state index >= 15 is 0 Å². The number of nitrogens with zero attached hydrogens (tertiary/aromatic N) is 3. The number of carbonyl (C=O) groups excluding carboxylic acids is 1. The maximum Gasteiger partial charge on any atom is 0.253 e. The molecule has 0 aliphatic carbocycles. The Labute approximate surface area is 181 Å². The average Bonchev–Trinajstić information content (AvgIpc) is 2.76. The molecule has 1 saturated heterocycles. The van der Waals surface area contributed by atoms with Crippen molar-refractivity contribution in [1.29, 1.82) is 0 Å². The quantitative estimate of drug-likeness (QED) is 0.631. The molecule has 0 spiro atoms. The third-order valence-electron chi connectivity index (χ3n) is 5.20. The molecule has 0 saturated carbocycles. The Bertz CT molecular complexity index is 1020. The number of aryl methyl sites for hydroxylation is 1. The van der Waals surface area contributed by atoms with E-state index in [2.05, 4.69) is 44.6 Å². The molecule has 1 aromatic heterocycles. The van der Waals surface area contributed by atoms with Crippen LogP contribution in [0.15, 0.2) is 60.8 Å². The third kappa shape index (κ3) is 4.89. The Morgan fingerprint density at radius 1 is 1.07 bits per heavy atom. The summed E-state index contributed by atoms with van der Waals surface area (Å²) in [6, 6.07) is 17.3. The number of hydrogen-bond acceptors (Lipinski definition) is 5. The predicted octanol–water partition coefficient (Wildman–Crippen LogP) is 4.58. The molecule has 2 heterocycles. The van der Waals surface area contributed by atoms with E-state index in [1.165, 1.54) is 5.56 Å². The lowest BCUT2D eigenvalue weighted by Crippen LogP contribution is -2.45. The summed E-state index contributed by atoms with van der Waals surface area (Å²) in [7, 11) is 0. The largest absolute Gasteiger partial charge is 0.349 e. The smallest absolute Gasteiger partial charge is 0.253 e. The van der Waals surface area contributed by atoms with E-state index in [1.807, 2.05) is 30.3 Å². The Hall–Kier alpha value is -3.12. The number of rotatable bonds is 5. The third-order valence-corrected chi connectivity index (χ3v) is 5.53. The van der Waals surface area contributed by atoms with Crippen molar-refractivity contribution in [3.63, 3.8) is 0 Å². The molecule has 1 fully saturated rings. The number of hydrogen-bond donors (Lipinski definition) is 2. The first-order valence-corrected chi connectivity index (χ1v) is 10.4. The number of piperidine rings is 1. The van der Waals surface area contributed by atoms with Crippen LogP contribution in [0.1, 0.15) is 28.8 Å². The summed E-state index contributed by atoms with van der Waals surface area (Å²) >= 11 is 6.13. The van der Waals surface area contributed by atoms with E-state index in [1.54, 1.807) is 18.3 Å². The Balaban J connectivity index is 1.34. The first-order chi connectivity index (χ1) is 14.6. The maximum absolute atomic E-state index is 12.5. The lowest BCUT2D eigenvalue weighted by Gasteiger charge is -2.32. The van der Waals surface area contributed by atoms with Crippen molar-refractivity contribution < 1.29 is 4.79 Å². The lowest BCUT2D eigenvalue weighted by atomic mass is 10.0. The minimum atomic E-state index is -0.125. The van der Waals surface area contributed by atoms with Crippen LogP contribution < -0.4 is 15.5 Å². The molecule has 154 valence electrons. The highest BCUT2D eigenvalue weighted by Gasteiger charge is 2.23. The molecule has 2 aromatic carbocycles. The van der Waals surface area contributed by atoms with Gasteiger partial charge < -0.3 is 15.5 Å². The van der Waals surface area contributed by atoms with Crippen molar-refractivity contribution in [2.24, 2.45) is 0 Å². The zero-order valence-corrected chi connectivity index (χ0v) is 17.6. The molecule has 2 N–H and O–H groups in total. The number of anilines is 3. The van der Waals surface area contributed by atoms with E-state index in [-0.39, 0.29) is 11.9 Å². The maximum atomic E-state index is 12.5. The van der Waals surface area contributed by atoms with Crippen LogP contribution in [0.4, 0.5) is 17.5 Å². The molecule has 30 heavy (non-hydrogen) atoms. The van der Waals surface area contributed by atoms with E-state index in [9.17, 15) is 4.79 Å². The van der Waals surface area contributed by atoms with Gasteiger partial charge in [0.2, 0.25) is 5.95 Å². The highest BCUT2D eigenvalue weighted by atomic mass is 35.5. The zero-order chi connectivity index (χ0) is 20.9. The number of nitrogens with one attached hydrogen (secondary N) is 2. The molecule has 0 atom stereocenters. The molecule has 6 nitrogen and oxygen atoms in total. The molecule has 0 unspecified atom stereocenters. The van der Waals surface area contributed by atoms with Gasteiger partial charge in [-0.15, -0.1) is 0 Å². The van der Waals surface area contributed by atoms with Crippen molar-refractivity contribution >= 4 is 35.0 Å². The standard InChI is InChI=1S/C23H24ClN5O/c1-16-6-8-17(9-7-16)26-21-10-13-25-23(28-21)29-14-11-18(12-15-29)27-22(30)19-4-2-3-5-20(19)24/h2-10,13,18H,11-12,14-15H2,1H3,(H,27,30)(H,25,26,28). The summed E-state index contributed by atoms with van der Waals surface area (Å²) in [6.07, 6.45) is 3.43. The van der Waals surface area contributed by atoms with Crippen molar-refractivity contribution in [2.75, 3.05) is 23.3 Å². The van der Waals surface area contributed by atoms with Crippen LogP contribution in [0.5, 0.6) is 0 Å². The molecular weight excluding hydrogens is 398 g/mol. The van der Waals surface area contributed by atoms with Gasteiger partial charge in [0.15, 0.2) is 0 Å². The average molecular weight is 422 g/mol. The van der Waals surface area contributed by atoms with Gasteiger partial charge in [-0.25, -0.2) is 4.98 Å². The van der Waals surface area contributed by atoms with E-state index in [0.717, 1.165) is 37.4 Å². The van der Waals surface area contributed by atoms with Gasteiger partial charge in [0.05, 0.1) is 10.6 Å². The van der Waals surface area contributed by atoms with Crippen LogP contribution in [0, 0.1) is 6.92 Å². The van der Waals surface area contributed by atoms with E-state index in [4.69, 9.17) is 11.6 Å². The second-order valence-electron chi connectivity index (χ2n) is 7.45. The van der Waals surface area contributed by atoms with E-state index in [0.29, 0.717) is 16.5 Å². The number of aromatic nitrogens is 2. The van der Waals surface area contributed by atoms with Gasteiger partial charge >= 0.3 is 0 Å². The van der Waals surface area contributed by atoms with Gasteiger partial charge in [0, 0.05) is 31.0 Å². The fourth-order valence-corrected chi connectivity index (χ4v) is 3.71. The molecule has 3 aromatic rings. The molecule has 4 rings (SSSR count). The van der Waals surface area contributed by atoms with Crippen molar-refractivity contribution in [2.45, 2.75) is 25.8 Å². The fraction of sp³-hybridized carbons (Fsp3) is 0.261. The summed E-state index contributed by atoms with van der Waals surface area (Å²) in [5.74, 6) is 1.33. The van der Waals surface area contributed by atoms with Crippen LogP contribution in [0.2, 0.25) is 5.02 Å². The Kier molecular flexibility index (Phi) is 6.14. The van der Waals surface area contributed by atoms with Crippen LogP contribution in [-0.2, 0) is 0 Å². The summed E-state index contributed by atoms with van der Waals surface area (Å²) in [4.78, 5) is 23.7. The highest BCUT2D eigenvalue weighted by Crippen LogP contribution is 2.21. The fourth-order valence-electron chi connectivity index (χ4n) is 3.49. The SMILES string of the molecule is Cc1ccc(Nc2ccnc(N3CCC(NC(=O)c4ccccc4Cl)CC3)n2)cc1. The molecule has 7 heteroatoms. The van der Waals surface area contributed by atoms with Gasteiger partial charge in [0.25, 0.3) is 5.91 Å². The number of benzene rings is 2. The zero-order valence-electron chi connectivity index (χ0n) is 16.8. The molecule has 1 aliphatic rings. The second kappa shape index (κ2) is 9.13. The monoisotopic (exact) mass is 421 g/mol. The molecule has 0 bridgehead atoms. The summed E-state index contributed by atoms with van der Waals surface area (Å²) in [6.45, 7) is 3.62. The lowest BCUT2D eigenvalue weighted by molar-refractivity contribution is 0.0931. The molecule has 0 radical (unpaired) electrons. The number of carbonyl (C=O) groups is 1. The van der Waals surface area contributed by atoms with Crippen molar-refractivity contribution in [3.8, 4) is 0 Å². The highest BCUT2D eigenvalue weighted by molar-refractivity contribution is 6.33. The summed E-state index contributed by atoms with van der Waals surface area (Å²) in [5, 5.41) is 6.89. The molecular formula is C23H24ClN5O. The minimum absolute atomic E-state index is 0.110. The van der Waals surface area contributed by atoms with E-state index < -0.39 is 0 Å². The number of amides is 1. The van der Waals surface area contributed by atoms with Crippen LogP contribution in [0.25, 0.3) is 0 Å². The molecule has 1 aliphatic heterocycles. The van der Waals surface area contributed by atoms with Crippen molar-refractivity contribution in [3.05, 3.63) is 76.9 Å². The Morgan fingerprint density at radius 3 is 2.53 bits per heavy atom. The first-order valence-electron chi connectivity index (χ1n) is 10.1. The van der Waals surface area contributed by atoms with Gasteiger partial charge in [0.1, 0.15) is 5.82 Å². The van der Waals surface area contributed by atoms with Gasteiger partial charge in [-0.3, -0.25) is 4.79 Å². The van der Waals surface area contributed by atoms with Crippen LogP contribution >= 0.6 is 11.6 Å². The van der Waals surface area contributed by atoms with Gasteiger partial charge in [-0.05, 0) is 50.1 Å². The first kappa shape index (κ1) is 20.2. The predicted molar refractivity (Wildman–Crippen MR) is 121 cm³/mol. The van der Waals surface area contributed by atoms with Gasteiger partial charge in [-0.1, -0.05) is 41.4 Å².